The molecule has 8 heteroatoms. The van der Waals surface area contributed by atoms with Crippen LogP contribution in [0.1, 0.15) is 0 Å². The molecule has 4 aromatic rings. The molecule has 0 N–H and O–H groups in total. The molecule has 0 spiro atoms. The fourth-order valence-electron chi connectivity index (χ4n) is 2.62. The third-order valence-corrected chi connectivity index (χ3v) is 4.91. The van der Waals surface area contributed by atoms with E-state index in [0.29, 0.717) is 32.9 Å². The van der Waals surface area contributed by atoms with Crippen molar-refractivity contribution in [1.82, 2.24) is 15.0 Å². The minimum Gasteiger partial charge on any atom is -0.265 e. The highest BCUT2D eigenvalue weighted by Crippen LogP contribution is 2.33. The molecular formula is C21H12BrCl2N5. The second-order valence-corrected chi connectivity index (χ2v) is 7.79. The number of benzene rings is 2. The Hall–Kier alpha value is -2.67. The predicted molar refractivity (Wildman–Crippen MR) is 119 cm³/mol. The van der Waals surface area contributed by atoms with Gasteiger partial charge in [0, 0.05) is 38.0 Å². The summed E-state index contributed by atoms with van der Waals surface area (Å²) in [5.41, 5.74) is 3.49. The molecule has 0 bridgehead atoms. The molecule has 0 aliphatic heterocycles. The lowest BCUT2D eigenvalue weighted by molar-refractivity contribution is 1.13. The highest BCUT2D eigenvalue weighted by atomic mass is 79.9. The lowest BCUT2D eigenvalue weighted by atomic mass is 10.1. The third kappa shape index (κ3) is 4.85. The maximum absolute atomic E-state index is 6.04. The molecule has 0 saturated carbocycles. The largest absolute Gasteiger partial charge is 0.265 e. The third-order valence-electron chi connectivity index (χ3n) is 3.95. The first-order valence-corrected chi connectivity index (χ1v) is 10.0. The summed E-state index contributed by atoms with van der Waals surface area (Å²) in [7, 11) is 0. The van der Waals surface area contributed by atoms with E-state index in [2.05, 4.69) is 36.1 Å². The molecule has 2 heterocycles. The number of nitrogens with zero attached hydrogens (tertiary/aromatic N) is 5. The fourth-order valence-corrected chi connectivity index (χ4v) is 3.40. The highest BCUT2D eigenvalue weighted by molar-refractivity contribution is 9.10. The molecule has 0 fully saturated rings. The summed E-state index contributed by atoms with van der Waals surface area (Å²) in [6, 6.07) is 16.5. The number of halogens is 3. The van der Waals surface area contributed by atoms with Crippen molar-refractivity contribution in [2.24, 2.45) is 10.2 Å². The van der Waals surface area contributed by atoms with Crippen molar-refractivity contribution in [3.63, 3.8) is 0 Å². The Morgan fingerprint density at radius 3 is 2.17 bits per heavy atom. The van der Waals surface area contributed by atoms with Crippen molar-refractivity contribution in [2.75, 3.05) is 0 Å². The van der Waals surface area contributed by atoms with Crippen LogP contribution >= 0.6 is 39.1 Å². The summed E-state index contributed by atoms with van der Waals surface area (Å²) in [6.07, 6.45) is 5.05. The van der Waals surface area contributed by atoms with Gasteiger partial charge in [0.05, 0.1) is 11.9 Å². The van der Waals surface area contributed by atoms with Crippen LogP contribution in [-0.2, 0) is 0 Å². The van der Waals surface area contributed by atoms with Crippen LogP contribution in [0.15, 0.2) is 87.9 Å². The Labute approximate surface area is 185 Å². The Balaban J connectivity index is 1.80. The zero-order valence-corrected chi connectivity index (χ0v) is 17.9. The Morgan fingerprint density at radius 1 is 0.793 bits per heavy atom. The number of pyridine rings is 1. The maximum atomic E-state index is 6.04. The smallest absolute Gasteiger partial charge is 0.160 e. The van der Waals surface area contributed by atoms with Crippen LogP contribution in [0, 0.1) is 0 Å². The van der Waals surface area contributed by atoms with E-state index in [-0.39, 0.29) is 0 Å². The maximum Gasteiger partial charge on any atom is 0.160 e. The van der Waals surface area contributed by atoms with Gasteiger partial charge < -0.3 is 0 Å². The molecule has 0 aliphatic rings. The van der Waals surface area contributed by atoms with Crippen molar-refractivity contribution < 1.29 is 0 Å². The molecule has 0 radical (unpaired) electrons. The lowest BCUT2D eigenvalue weighted by Crippen LogP contribution is -1.93. The van der Waals surface area contributed by atoms with Gasteiger partial charge in [-0.2, -0.15) is 5.11 Å². The predicted octanol–water partition coefficient (Wildman–Crippen LogP) is 7.69. The van der Waals surface area contributed by atoms with Crippen LogP contribution in [0.2, 0.25) is 10.0 Å². The molecule has 4 rings (SSSR count). The van der Waals surface area contributed by atoms with Crippen LogP contribution in [0.3, 0.4) is 0 Å². The Kier molecular flexibility index (Phi) is 5.94. The normalized spacial score (nSPS) is 11.1. The summed E-state index contributed by atoms with van der Waals surface area (Å²) in [5, 5.41) is 9.59. The molecule has 0 saturated heterocycles. The average Bonchev–Trinajstić information content (AvgIpc) is 2.73. The zero-order chi connectivity index (χ0) is 20.2. The molecule has 0 unspecified atom stereocenters. The van der Waals surface area contributed by atoms with E-state index in [1.54, 1.807) is 36.8 Å². The molecule has 5 nitrogen and oxygen atoms in total. The van der Waals surface area contributed by atoms with Crippen molar-refractivity contribution in [3.8, 4) is 22.6 Å². The minimum absolute atomic E-state index is 0.490. The summed E-state index contributed by atoms with van der Waals surface area (Å²) >= 11 is 15.5. The number of aromatic nitrogens is 3. The van der Waals surface area contributed by atoms with E-state index in [4.69, 9.17) is 28.2 Å². The number of hydrogen-bond donors (Lipinski definition) is 0. The average molecular weight is 485 g/mol. The highest BCUT2D eigenvalue weighted by Gasteiger charge is 2.11. The van der Waals surface area contributed by atoms with Crippen molar-refractivity contribution in [2.45, 2.75) is 0 Å². The topological polar surface area (TPSA) is 63.4 Å². The summed E-state index contributed by atoms with van der Waals surface area (Å²) in [6.45, 7) is 0. The van der Waals surface area contributed by atoms with Gasteiger partial charge in [-0.15, -0.1) is 5.11 Å². The number of hydrogen-bond acceptors (Lipinski definition) is 5. The SMILES string of the molecule is Clc1cc(Cl)cc(N=Nc2cnc(-c3ccncc3)nc2-c2ccc(Br)cc2)c1. The van der Waals surface area contributed by atoms with Crippen molar-refractivity contribution in [1.29, 1.82) is 0 Å². The van der Waals surface area contributed by atoms with E-state index in [0.717, 1.165) is 15.6 Å². The summed E-state index contributed by atoms with van der Waals surface area (Å²) < 4.78 is 0.974. The Morgan fingerprint density at radius 2 is 1.48 bits per heavy atom. The van der Waals surface area contributed by atoms with E-state index >= 15 is 0 Å². The first kappa shape index (κ1) is 19.6. The van der Waals surface area contributed by atoms with Crippen LogP contribution in [-0.4, -0.2) is 15.0 Å². The van der Waals surface area contributed by atoms with Crippen molar-refractivity contribution >= 4 is 50.5 Å². The van der Waals surface area contributed by atoms with Gasteiger partial charge in [0.2, 0.25) is 0 Å². The molecule has 142 valence electrons. The molecule has 2 aromatic carbocycles. The molecular weight excluding hydrogens is 473 g/mol. The van der Waals surface area contributed by atoms with Crippen LogP contribution in [0.25, 0.3) is 22.6 Å². The molecule has 29 heavy (non-hydrogen) atoms. The van der Waals surface area contributed by atoms with Gasteiger partial charge in [-0.1, -0.05) is 51.3 Å². The quantitative estimate of drug-likeness (QED) is 0.279. The van der Waals surface area contributed by atoms with Gasteiger partial charge >= 0.3 is 0 Å². The molecule has 0 aliphatic carbocycles. The molecule has 0 atom stereocenters. The number of azo groups is 1. The van der Waals surface area contributed by atoms with Gasteiger partial charge in [0.15, 0.2) is 5.82 Å². The van der Waals surface area contributed by atoms with Gasteiger partial charge in [-0.05, 0) is 42.5 Å². The fraction of sp³-hybridized carbons (Fsp3) is 0. The Bertz CT molecular complexity index is 1160. The molecule has 0 amide bonds. The second kappa shape index (κ2) is 8.78. The molecule has 2 aromatic heterocycles. The van der Waals surface area contributed by atoms with Crippen LogP contribution in [0.5, 0.6) is 0 Å². The second-order valence-electron chi connectivity index (χ2n) is 6.00. The van der Waals surface area contributed by atoms with Crippen molar-refractivity contribution in [3.05, 3.63) is 87.7 Å². The standard InChI is InChI=1S/C21H12BrCl2N5/c22-15-3-1-13(2-4-15)20-19(29-28-18-10-16(23)9-17(24)11-18)12-26-21(27-20)14-5-7-25-8-6-14/h1-12H. The van der Waals surface area contributed by atoms with Gasteiger partial charge in [0.1, 0.15) is 11.4 Å². The van der Waals surface area contributed by atoms with Crippen LogP contribution in [0.4, 0.5) is 11.4 Å². The van der Waals surface area contributed by atoms with E-state index in [1.165, 1.54) is 0 Å². The first-order valence-electron chi connectivity index (χ1n) is 8.50. The van der Waals surface area contributed by atoms with E-state index in [9.17, 15) is 0 Å². The van der Waals surface area contributed by atoms with E-state index < -0.39 is 0 Å². The van der Waals surface area contributed by atoms with Gasteiger partial charge in [-0.3, -0.25) is 4.98 Å². The van der Waals surface area contributed by atoms with Gasteiger partial charge in [0.25, 0.3) is 0 Å². The van der Waals surface area contributed by atoms with Crippen LogP contribution < -0.4 is 0 Å². The zero-order valence-electron chi connectivity index (χ0n) is 14.8. The van der Waals surface area contributed by atoms with Gasteiger partial charge in [-0.25, -0.2) is 9.97 Å². The minimum atomic E-state index is 0.490. The van der Waals surface area contributed by atoms with E-state index in [1.807, 2.05) is 36.4 Å². The lowest BCUT2D eigenvalue weighted by Gasteiger charge is -2.07. The first-order chi connectivity index (χ1) is 14.1. The monoisotopic (exact) mass is 483 g/mol. The summed E-state index contributed by atoms with van der Waals surface area (Å²) in [5.74, 6) is 0.579. The number of rotatable bonds is 4. The summed E-state index contributed by atoms with van der Waals surface area (Å²) in [4.78, 5) is 13.2.